The summed E-state index contributed by atoms with van der Waals surface area (Å²) in [5.41, 5.74) is 1.85. The van der Waals surface area contributed by atoms with Gasteiger partial charge in [-0.25, -0.2) is 0 Å². The van der Waals surface area contributed by atoms with Crippen LogP contribution in [0.3, 0.4) is 0 Å². The first-order valence-corrected chi connectivity index (χ1v) is 7.41. The number of nitrogens with zero attached hydrogens (tertiary/aromatic N) is 1. The van der Waals surface area contributed by atoms with Gasteiger partial charge in [0.1, 0.15) is 0 Å². The molecule has 10 heteroatoms. The van der Waals surface area contributed by atoms with Gasteiger partial charge in [0.25, 0.3) is 0 Å². The molecule has 1 aromatic rings. The molecular weight excluding hydrogens is 413 g/mol. The molecule has 130 valence electrons. The second kappa shape index (κ2) is 9.69. The van der Waals surface area contributed by atoms with Crippen LogP contribution < -0.4 is 70.7 Å². The summed E-state index contributed by atoms with van der Waals surface area (Å²) in [6.45, 7) is 0.889. The van der Waals surface area contributed by atoms with E-state index in [1.165, 1.54) is 0 Å². The predicted octanol–water partition coefficient (Wildman–Crippen LogP) is -3.79. The molecule has 8 nitrogen and oxygen atoms in total. The van der Waals surface area contributed by atoms with Gasteiger partial charge in [-0.1, -0.05) is 0 Å². The number of halogens is 1. The second-order valence-corrected chi connectivity index (χ2v) is 5.92. The monoisotopic (exact) mass is 431 g/mol. The van der Waals surface area contributed by atoms with Crippen LogP contribution >= 0.6 is 15.9 Å². The van der Waals surface area contributed by atoms with Gasteiger partial charge in [-0.2, -0.15) is 0 Å². The van der Waals surface area contributed by atoms with Gasteiger partial charge < -0.3 is 35.1 Å². The van der Waals surface area contributed by atoms with Crippen LogP contribution in [0.1, 0.15) is 23.6 Å². The summed E-state index contributed by atoms with van der Waals surface area (Å²) >= 11 is 3.55. The van der Waals surface area contributed by atoms with Crippen LogP contribution in [0.15, 0.2) is 4.47 Å². The van der Waals surface area contributed by atoms with Crippen LogP contribution in [-0.2, 0) is 11.2 Å². The van der Waals surface area contributed by atoms with Crippen LogP contribution in [-0.4, -0.2) is 49.3 Å². The Bertz CT molecular complexity index is 614. The molecule has 0 saturated carbocycles. The largest absolute Gasteiger partial charge is 1.00 e. The van der Waals surface area contributed by atoms with E-state index in [2.05, 4.69) is 15.9 Å². The number of hydrogen-bond acceptors (Lipinski definition) is 6. The molecule has 3 rings (SSSR count). The molecule has 2 aliphatic heterocycles. The number of carbonyl (C=O) groups excluding carboxylic acids is 1. The molecule has 0 fully saturated rings. The third kappa shape index (κ3) is 4.08. The third-order valence-electron chi connectivity index (χ3n) is 4.00. The van der Waals surface area contributed by atoms with Gasteiger partial charge in [-0.15, -0.1) is 0 Å². The zero-order valence-corrected chi connectivity index (χ0v) is 18.5. The molecule has 1 atom stereocenters. The maximum absolute atomic E-state index is 11.1. The number of likely N-dealkylation sites (N-methyl/N-ethyl adjacent to an activating group) is 1. The summed E-state index contributed by atoms with van der Waals surface area (Å²) in [4.78, 5) is 13.1. The maximum atomic E-state index is 11.1. The summed E-state index contributed by atoms with van der Waals surface area (Å²) < 4.78 is 17.3. The normalized spacial score (nSPS) is 17.7. The minimum atomic E-state index is -1.09. The van der Waals surface area contributed by atoms with E-state index in [0.29, 0.717) is 17.2 Å². The Morgan fingerprint density at radius 3 is 2.58 bits per heavy atom. The van der Waals surface area contributed by atoms with E-state index >= 15 is 0 Å². The molecule has 1 unspecified atom stereocenters. The standard InChI is InChI=1S/C14H16BrNO5.K.2H2O/c1-16-4-3-7-10(8(16)5-9(17)18)12(19-2)14-13(11(7)15)20-6-21-14;;;/h8H,3-6H2,1-2H3,(H,17,18);;2*1H2/q;+1;;/p-1. The third-order valence-corrected chi connectivity index (χ3v) is 4.84. The maximum Gasteiger partial charge on any atom is 1.00 e. The first kappa shape index (κ1) is 24.1. The smallest absolute Gasteiger partial charge is 0.550 e. The Morgan fingerprint density at radius 2 is 2.00 bits per heavy atom. The van der Waals surface area contributed by atoms with E-state index in [4.69, 9.17) is 14.2 Å². The van der Waals surface area contributed by atoms with Gasteiger partial charge >= 0.3 is 51.4 Å². The van der Waals surface area contributed by atoms with Crippen molar-refractivity contribution in [2.24, 2.45) is 0 Å². The van der Waals surface area contributed by atoms with E-state index < -0.39 is 5.97 Å². The fourth-order valence-electron chi connectivity index (χ4n) is 3.00. The molecule has 0 saturated heterocycles. The van der Waals surface area contributed by atoms with E-state index in [-0.39, 0.29) is 81.6 Å². The number of ether oxygens (including phenoxy) is 3. The number of fused-ring (bicyclic) bond motifs is 2. The Hall–Kier alpha value is 0.0864. The van der Waals surface area contributed by atoms with Gasteiger partial charge in [0.2, 0.25) is 12.5 Å². The van der Waals surface area contributed by atoms with Crippen LogP contribution in [0.4, 0.5) is 0 Å². The molecule has 0 aliphatic carbocycles. The first-order chi connectivity index (χ1) is 10.0. The van der Waals surface area contributed by atoms with Crippen LogP contribution in [0.5, 0.6) is 17.2 Å². The molecular formula is C14H19BrKNO7. The molecule has 2 heterocycles. The van der Waals surface area contributed by atoms with E-state index in [1.807, 2.05) is 11.9 Å². The topological polar surface area (TPSA) is 134 Å². The average molecular weight is 432 g/mol. The van der Waals surface area contributed by atoms with Crippen molar-refractivity contribution in [1.82, 2.24) is 4.90 Å². The molecule has 0 aromatic heterocycles. The Labute approximate surface area is 190 Å². The summed E-state index contributed by atoms with van der Waals surface area (Å²) in [7, 11) is 3.45. The fourth-order valence-corrected chi connectivity index (χ4v) is 3.71. The molecule has 24 heavy (non-hydrogen) atoms. The van der Waals surface area contributed by atoms with Gasteiger partial charge in [-0.05, 0) is 35.0 Å². The van der Waals surface area contributed by atoms with Crippen molar-refractivity contribution < 1.29 is 86.4 Å². The molecule has 1 aromatic carbocycles. The van der Waals surface area contributed by atoms with Gasteiger partial charge in [0, 0.05) is 30.5 Å². The summed E-state index contributed by atoms with van der Waals surface area (Å²) in [5, 5.41) is 11.1. The molecule has 2 aliphatic rings. The fraction of sp³-hybridized carbons (Fsp3) is 0.500. The zero-order valence-electron chi connectivity index (χ0n) is 13.8. The quantitative estimate of drug-likeness (QED) is 0.450. The van der Waals surface area contributed by atoms with Crippen LogP contribution in [0, 0.1) is 0 Å². The minimum absolute atomic E-state index is 0. The van der Waals surface area contributed by atoms with Gasteiger partial charge in [0.05, 0.1) is 11.6 Å². The second-order valence-electron chi connectivity index (χ2n) is 5.13. The number of methoxy groups -OCH3 is 1. The first-order valence-electron chi connectivity index (χ1n) is 6.62. The van der Waals surface area contributed by atoms with Crippen molar-refractivity contribution in [2.75, 3.05) is 27.5 Å². The van der Waals surface area contributed by atoms with Crippen molar-refractivity contribution in [3.05, 3.63) is 15.6 Å². The van der Waals surface area contributed by atoms with E-state index in [0.717, 1.165) is 28.6 Å². The Kier molecular flexibility index (Phi) is 9.73. The van der Waals surface area contributed by atoms with E-state index in [1.54, 1.807) is 7.11 Å². The number of aliphatic carboxylic acids is 1. The molecule has 4 N–H and O–H groups in total. The summed E-state index contributed by atoms with van der Waals surface area (Å²) in [5.74, 6) is 0.623. The van der Waals surface area contributed by atoms with Crippen LogP contribution in [0.2, 0.25) is 0 Å². The molecule has 0 amide bonds. The Balaban J connectivity index is 0.00000176. The van der Waals surface area contributed by atoms with Gasteiger partial charge in [-0.3, -0.25) is 4.90 Å². The molecule has 0 bridgehead atoms. The van der Waals surface area contributed by atoms with Crippen molar-refractivity contribution in [3.63, 3.8) is 0 Å². The van der Waals surface area contributed by atoms with Crippen LogP contribution in [0.25, 0.3) is 0 Å². The summed E-state index contributed by atoms with van der Waals surface area (Å²) in [6, 6.07) is -0.306. The number of benzene rings is 1. The average Bonchev–Trinajstić information content (AvgIpc) is 2.92. The Morgan fingerprint density at radius 1 is 1.38 bits per heavy atom. The molecule has 0 radical (unpaired) electrons. The number of rotatable bonds is 3. The van der Waals surface area contributed by atoms with Crippen molar-refractivity contribution in [3.8, 4) is 17.2 Å². The number of carboxylic acid groups (broad SMARTS) is 1. The van der Waals surface area contributed by atoms with Crippen molar-refractivity contribution in [1.29, 1.82) is 0 Å². The molecule has 0 spiro atoms. The minimum Gasteiger partial charge on any atom is -0.550 e. The van der Waals surface area contributed by atoms with Gasteiger partial charge in [0.15, 0.2) is 11.5 Å². The number of carboxylic acids is 1. The van der Waals surface area contributed by atoms with Crippen molar-refractivity contribution >= 4 is 21.9 Å². The summed E-state index contributed by atoms with van der Waals surface area (Å²) in [6.07, 6.45) is 0.689. The number of carbonyl (C=O) groups is 1. The SMILES string of the molecule is COc1c2c(c(Br)c3c1C(CC(=O)[O-])N(C)CC3)OCO2.O.O.[K+]. The number of hydrogen-bond donors (Lipinski definition) is 0. The predicted molar refractivity (Wildman–Crippen MR) is 82.7 cm³/mol. The zero-order chi connectivity index (χ0) is 15.1. The van der Waals surface area contributed by atoms with E-state index in [9.17, 15) is 9.90 Å². The van der Waals surface area contributed by atoms with Crippen molar-refractivity contribution in [2.45, 2.75) is 18.9 Å².